The van der Waals surface area contributed by atoms with E-state index in [0.29, 0.717) is 18.4 Å². The van der Waals surface area contributed by atoms with E-state index in [4.69, 9.17) is 5.73 Å². The maximum atomic E-state index is 6.04. The van der Waals surface area contributed by atoms with Gasteiger partial charge in [-0.3, -0.25) is 0 Å². The SMILES string of the molecule is CCc1cccc2c(C(CN)C(C)C)c(C)n(C)c12. The summed E-state index contributed by atoms with van der Waals surface area (Å²) in [6.07, 6.45) is 1.07. The first kappa shape index (κ1) is 14.1. The Bertz CT molecular complexity index is 578. The molecule has 1 aromatic heterocycles. The normalized spacial score (nSPS) is 13.4. The maximum Gasteiger partial charge on any atom is 0.0515 e. The molecule has 0 saturated heterocycles. The Labute approximate surface area is 116 Å². The van der Waals surface area contributed by atoms with E-state index in [1.54, 1.807) is 0 Å². The van der Waals surface area contributed by atoms with Crippen LogP contribution in [0.15, 0.2) is 18.2 Å². The van der Waals surface area contributed by atoms with E-state index in [-0.39, 0.29) is 0 Å². The fourth-order valence-corrected chi connectivity index (χ4v) is 3.22. The van der Waals surface area contributed by atoms with Crippen molar-refractivity contribution in [3.05, 3.63) is 35.0 Å². The van der Waals surface area contributed by atoms with Gasteiger partial charge in [0.2, 0.25) is 0 Å². The fourth-order valence-electron chi connectivity index (χ4n) is 3.22. The van der Waals surface area contributed by atoms with Gasteiger partial charge >= 0.3 is 0 Å². The van der Waals surface area contributed by atoms with Crippen LogP contribution >= 0.6 is 0 Å². The van der Waals surface area contributed by atoms with Crippen molar-refractivity contribution in [1.29, 1.82) is 0 Å². The van der Waals surface area contributed by atoms with Gasteiger partial charge in [0.15, 0.2) is 0 Å². The summed E-state index contributed by atoms with van der Waals surface area (Å²) in [6, 6.07) is 6.66. The molecule has 1 atom stereocenters. The molecule has 1 unspecified atom stereocenters. The summed E-state index contributed by atoms with van der Waals surface area (Å²) in [7, 11) is 2.17. The molecule has 2 N–H and O–H groups in total. The van der Waals surface area contributed by atoms with Gasteiger partial charge in [-0.15, -0.1) is 0 Å². The third-order valence-electron chi connectivity index (χ3n) is 4.45. The number of benzene rings is 1. The minimum absolute atomic E-state index is 0.441. The van der Waals surface area contributed by atoms with E-state index in [9.17, 15) is 0 Å². The first-order valence-corrected chi connectivity index (χ1v) is 7.29. The van der Waals surface area contributed by atoms with Crippen molar-refractivity contribution in [1.82, 2.24) is 4.57 Å². The zero-order valence-electron chi connectivity index (χ0n) is 12.8. The van der Waals surface area contributed by atoms with Crippen LogP contribution in [-0.4, -0.2) is 11.1 Å². The van der Waals surface area contributed by atoms with Crippen molar-refractivity contribution in [2.45, 2.75) is 40.0 Å². The lowest BCUT2D eigenvalue weighted by Crippen LogP contribution is -2.18. The summed E-state index contributed by atoms with van der Waals surface area (Å²) in [4.78, 5) is 0. The first-order valence-electron chi connectivity index (χ1n) is 7.29. The molecule has 0 bridgehead atoms. The molecule has 0 fully saturated rings. The molecular formula is C17H26N2. The highest BCUT2D eigenvalue weighted by Crippen LogP contribution is 2.36. The van der Waals surface area contributed by atoms with Crippen LogP contribution in [0.5, 0.6) is 0 Å². The molecule has 2 heteroatoms. The predicted molar refractivity (Wildman–Crippen MR) is 83.7 cm³/mol. The van der Waals surface area contributed by atoms with Crippen LogP contribution in [0.1, 0.15) is 43.5 Å². The summed E-state index contributed by atoms with van der Waals surface area (Å²) < 4.78 is 2.34. The Morgan fingerprint density at radius 3 is 2.47 bits per heavy atom. The molecule has 1 aromatic carbocycles. The van der Waals surface area contributed by atoms with Gasteiger partial charge in [0.05, 0.1) is 5.52 Å². The molecule has 104 valence electrons. The molecule has 0 amide bonds. The first-order chi connectivity index (χ1) is 9.02. The summed E-state index contributed by atoms with van der Waals surface area (Å²) in [5, 5.41) is 1.39. The molecule has 2 aromatic rings. The van der Waals surface area contributed by atoms with Gasteiger partial charge in [-0.2, -0.15) is 0 Å². The molecular weight excluding hydrogens is 232 g/mol. The number of hydrogen-bond donors (Lipinski definition) is 1. The van der Waals surface area contributed by atoms with Crippen LogP contribution in [0.2, 0.25) is 0 Å². The van der Waals surface area contributed by atoms with E-state index in [1.165, 1.54) is 27.7 Å². The van der Waals surface area contributed by atoms with E-state index >= 15 is 0 Å². The zero-order valence-corrected chi connectivity index (χ0v) is 12.8. The summed E-state index contributed by atoms with van der Waals surface area (Å²) in [5.74, 6) is 1.01. The number of nitrogens with zero attached hydrogens (tertiary/aromatic N) is 1. The summed E-state index contributed by atoms with van der Waals surface area (Å²) in [6.45, 7) is 9.69. The van der Waals surface area contributed by atoms with Crippen molar-refractivity contribution < 1.29 is 0 Å². The van der Waals surface area contributed by atoms with Crippen molar-refractivity contribution in [2.24, 2.45) is 18.7 Å². The molecule has 2 rings (SSSR count). The highest BCUT2D eigenvalue weighted by Gasteiger charge is 2.23. The van der Waals surface area contributed by atoms with Crippen molar-refractivity contribution in [3.63, 3.8) is 0 Å². The largest absolute Gasteiger partial charge is 0.347 e. The molecule has 1 heterocycles. The van der Waals surface area contributed by atoms with E-state index < -0.39 is 0 Å². The second-order valence-corrected chi connectivity index (χ2v) is 5.81. The number of aromatic nitrogens is 1. The lowest BCUT2D eigenvalue weighted by Gasteiger charge is -2.20. The molecule has 19 heavy (non-hydrogen) atoms. The summed E-state index contributed by atoms with van der Waals surface area (Å²) >= 11 is 0. The minimum Gasteiger partial charge on any atom is -0.347 e. The van der Waals surface area contributed by atoms with Crippen LogP contribution in [0.3, 0.4) is 0 Å². The maximum absolute atomic E-state index is 6.04. The number of fused-ring (bicyclic) bond motifs is 1. The monoisotopic (exact) mass is 258 g/mol. The van der Waals surface area contributed by atoms with E-state index in [2.05, 4.69) is 57.5 Å². The van der Waals surface area contributed by atoms with Crippen LogP contribution in [-0.2, 0) is 13.5 Å². The lowest BCUT2D eigenvalue weighted by atomic mass is 9.86. The number of nitrogens with two attached hydrogens (primary N) is 1. The number of para-hydroxylation sites is 1. The molecule has 0 radical (unpaired) electrons. The van der Waals surface area contributed by atoms with Gasteiger partial charge in [-0.1, -0.05) is 39.0 Å². The molecule has 0 spiro atoms. The third kappa shape index (κ3) is 2.18. The quantitative estimate of drug-likeness (QED) is 0.889. The molecule has 2 nitrogen and oxygen atoms in total. The fraction of sp³-hybridized carbons (Fsp3) is 0.529. The lowest BCUT2D eigenvalue weighted by molar-refractivity contribution is 0.506. The predicted octanol–water partition coefficient (Wildman–Crippen LogP) is 3.75. The van der Waals surface area contributed by atoms with Crippen molar-refractivity contribution >= 4 is 10.9 Å². The second-order valence-electron chi connectivity index (χ2n) is 5.81. The van der Waals surface area contributed by atoms with Gasteiger partial charge in [-0.05, 0) is 36.9 Å². The number of rotatable bonds is 4. The average Bonchev–Trinajstić information content (AvgIpc) is 2.64. The van der Waals surface area contributed by atoms with E-state index in [0.717, 1.165) is 6.42 Å². The van der Waals surface area contributed by atoms with Crippen molar-refractivity contribution in [3.8, 4) is 0 Å². The van der Waals surface area contributed by atoms with Gasteiger partial charge in [-0.25, -0.2) is 0 Å². The zero-order chi connectivity index (χ0) is 14.2. The smallest absolute Gasteiger partial charge is 0.0515 e. The van der Waals surface area contributed by atoms with Crippen LogP contribution in [0, 0.1) is 12.8 Å². The minimum atomic E-state index is 0.441. The topological polar surface area (TPSA) is 30.9 Å². The number of hydrogen-bond acceptors (Lipinski definition) is 1. The average molecular weight is 258 g/mol. The summed E-state index contributed by atoms with van der Waals surface area (Å²) in [5.41, 5.74) is 11.7. The standard InChI is InChI=1S/C17H26N2/c1-6-13-8-7-9-14-16(15(10-18)11(2)3)12(4)19(5)17(13)14/h7-9,11,15H,6,10,18H2,1-5H3. The molecule has 0 aliphatic rings. The van der Waals surface area contributed by atoms with Gasteiger partial charge in [0.1, 0.15) is 0 Å². The Balaban J connectivity index is 2.78. The Hall–Kier alpha value is -1.28. The number of aryl methyl sites for hydroxylation is 2. The Morgan fingerprint density at radius 1 is 1.26 bits per heavy atom. The second kappa shape index (κ2) is 5.38. The van der Waals surface area contributed by atoms with Gasteiger partial charge in [0.25, 0.3) is 0 Å². The molecule has 0 aliphatic carbocycles. The highest BCUT2D eigenvalue weighted by atomic mass is 14.9. The Morgan fingerprint density at radius 2 is 1.95 bits per heavy atom. The third-order valence-corrected chi connectivity index (χ3v) is 4.45. The van der Waals surface area contributed by atoms with Gasteiger partial charge in [0, 0.05) is 24.0 Å². The Kier molecular flexibility index (Phi) is 4.00. The van der Waals surface area contributed by atoms with Crippen LogP contribution in [0.4, 0.5) is 0 Å². The molecule has 0 saturated carbocycles. The highest BCUT2D eigenvalue weighted by molar-refractivity contribution is 5.88. The van der Waals surface area contributed by atoms with E-state index in [1.807, 2.05) is 0 Å². The molecule has 0 aliphatic heterocycles. The van der Waals surface area contributed by atoms with Crippen LogP contribution < -0.4 is 5.73 Å². The van der Waals surface area contributed by atoms with Crippen molar-refractivity contribution in [2.75, 3.05) is 6.54 Å². The van der Waals surface area contributed by atoms with Gasteiger partial charge < -0.3 is 10.3 Å². The van der Waals surface area contributed by atoms with Crippen LogP contribution in [0.25, 0.3) is 10.9 Å².